The van der Waals surface area contributed by atoms with Gasteiger partial charge in [-0.1, -0.05) is 0 Å². The predicted molar refractivity (Wildman–Crippen MR) is 135 cm³/mol. The summed E-state index contributed by atoms with van der Waals surface area (Å²) in [7, 11) is 0. The van der Waals surface area contributed by atoms with E-state index >= 15 is 0 Å². The van der Waals surface area contributed by atoms with E-state index in [1.54, 1.807) is 23.4 Å². The number of alkyl halides is 1. The van der Waals surface area contributed by atoms with Crippen molar-refractivity contribution < 1.29 is 9.59 Å². The summed E-state index contributed by atoms with van der Waals surface area (Å²) >= 11 is 5.67. The van der Waals surface area contributed by atoms with Crippen LogP contribution in [0.15, 0.2) is 30.6 Å². The number of hydrogen-bond acceptors (Lipinski definition) is 5. The molecule has 1 atom stereocenters. The Labute approximate surface area is 208 Å². The van der Waals surface area contributed by atoms with Crippen molar-refractivity contribution in [1.82, 2.24) is 30.0 Å². The number of hydrogen-bond donors (Lipinski definition) is 3. The highest BCUT2D eigenvalue weighted by molar-refractivity contribution is 6.27. The molecule has 0 aliphatic carbocycles. The molecule has 0 aromatic carbocycles. The lowest BCUT2D eigenvalue weighted by Crippen LogP contribution is -2.44. The Bertz CT molecular complexity index is 1270. The minimum atomic E-state index is -0.0566. The third kappa shape index (κ3) is 4.60. The van der Waals surface area contributed by atoms with Crippen LogP contribution in [0.1, 0.15) is 36.6 Å². The molecule has 3 aromatic rings. The molecule has 1 unspecified atom stereocenters. The van der Waals surface area contributed by atoms with E-state index in [0.29, 0.717) is 32.5 Å². The number of carbonyl (C=O) groups is 2. The van der Waals surface area contributed by atoms with Crippen LogP contribution in [-0.4, -0.2) is 80.1 Å². The lowest BCUT2D eigenvalue weighted by Gasteiger charge is -2.33. The Morgan fingerprint density at radius 3 is 2.74 bits per heavy atom. The van der Waals surface area contributed by atoms with E-state index in [4.69, 9.17) is 17.0 Å². The molecule has 0 saturated carbocycles. The molecule has 2 amide bonds. The van der Waals surface area contributed by atoms with Gasteiger partial charge in [-0.25, -0.2) is 4.98 Å². The fourth-order valence-corrected chi connectivity index (χ4v) is 5.39. The topological polar surface area (TPSA) is 122 Å². The molecule has 2 aliphatic rings. The average molecular weight is 494 g/mol. The summed E-state index contributed by atoms with van der Waals surface area (Å²) in [6.07, 6.45) is 10.6. The molecule has 2 aliphatic heterocycles. The normalized spacial score (nSPS) is 19.2. The van der Waals surface area contributed by atoms with Crippen LogP contribution in [0.4, 0.5) is 0 Å². The number of amides is 2. The Hall–Kier alpha value is -3.46. The maximum Gasteiger partial charge on any atom is 0.237 e. The van der Waals surface area contributed by atoms with Gasteiger partial charge in [0.2, 0.25) is 11.8 Å². The molecule has 3 aromatic heterocycles. The standard InChI is InChI=1S/C25H28ClN7O2/c26-13-23(34)32-9-4-16(5-10-32)25(35)33-11-6-17(15-33)22-12-19-18(3-8-28-24(19)30-22)20-14-29-31-21(20)2-1-7-27/h1-3,7-8,12,14,16-17,27H,4-6,9-11,13,15H2,(H,28,30)(H,29,31)/b2-1-,27-7?. The molecule has 182 valence electrons. The lowest BCUT2D eigenvalue weighted by atomic mass is 9.95. The predicted octanol–water partition coefficient (Wildman–Crippen LogP) is 3.41. The number of H-pyrrole nitrogens is 2. The van der Waals surface area contributed by atoms with Crippen molar-refractivity contribution in [3.63, 3.8) is 0 Å². The highest BCUT2D eigenvalue weighted by atomic mass is 35.5. The van der Waals surface area contributed by atoms with Crippen molar-refractivity contribution in [2.75, 3.05) is 32.1 Å². The maximum atomic E-state index is 13.2. The van der Waals surface area contributed by atoms with Gasteiger partial charge in [-0.05, 0) is 49.1 Å². The quantitative estimate of drug-likeness (QED) is 0.359. The zero-order valence-corrected chi connectivity index (χ0v) is 20.1. The monoisotopic (exact) mass is 493 g/mol. The second kappa shape index (κ2) is 10.0. The van der Waals surface area contributed by atoms with Gasteiger partial charge in [0.1, 0.15) is 11.5 Å². The molecule has 0 radical (unpaired) electrons. The van der Waals surface area contributed by atoms with E-state index < -0.39 is 0 Å². The first-order valence-electron chi connectivity index (χ1n) is 11.9. The van der Waals surface area contributed by atoms with E-state index in [9.17, 15) is 9.59 Å². The van der Waals surface area contributed by atoms with Crippen molar-refractivity contribution >= 4 is 46.7 Å². The Kier molecular flexibility index (Phi) is 6.68. The van der Waals surface area contributed by atoms with Crippen LogP contribution in [-0.2, 0) is 9.59 Å². The molecule has 10 heteroatoms. The molecule has 2 fully saturated rings. The zero-order valence-electron chi connectivity index (χ0n) is 19.3. The summed E-state index contributed by atoms with van der Waals surface area (Å²) in [5.74, 6) is 0.328. The first kappa shape index (κ1) is 23.3. The minimum absolute atomic E-state index is 0.00408. The van der Waals surface area contributed by atoms with Gasteiger partial charge in [0.25, 0.3) is 0 Å². The fourth-order valence-electron chi connectivity index (χ4n) is 5.22. The first-order valence-corrected chi connectivity index (χ1v) is 12.4. The summed E-state index contributed by atoms with van der Waals surface area (Å²) in [6.45, 7) is 2.61. The summed E-state index contributed by atoms with van der Waals surface area (Å²) < 4.78 is 0. The summed E-state index contributed by atoms with van der Waals surface area (Å²) in [6, 6.07) is 4.11. The van der Waals surface area contributed by atoms with Crippen LogP contribution in [0, 0.1) is 11.3 Å². The molecule has 3 N–H and O–H groups in total. The summed E-state index contributed by atoms with van der Waals surface area (Å²) in [5, 5.41) is 15.4. The number of aromatic amines is 2. The fraction of sp³-hybridized carbons (Fsp3) is 0.400. The molecular formula is C25H28ClN7O2. The van der Waals surface area contributed by atoms with Gasteiger partial charge < -0.3 is 20.2 Å². The third-order valence-electron chi connectivity index (χ3n) is 7.12. The van der Waals surface area contributed by atoms with Gasteiger partial charge >= 0.3 is 0 Å². The second-order valence-electron chi connectivity index (χ2n) is 9.13. The molecule has 0 bridgehead atoms. The number of rotatable bonds is 6. The lowest BCUT2D eigenvalue weighted by molar-refractivity contribution is -0.139. The zero-order chi connectivity index (χ0) is 24.4. The second-order valence-corrected chi connectivity index (χ2v) is 9.39. The largest absolute Gasteiger partial charge is 0.343 e. The van der Waals surface area contributed by atoms with Crippen molar-refractivity contribution in [2.45, 2.75) is 25.2 Å². The number of aromatic nitrogens is 4. The number of carbonyl (C=O) groups excluding carboxylic acids is 2. The maximum absolute atomic E-state index is 13.2. The molecule has 35 heavy (non-hydrogen) atoms. The third-order valence-corrected chi connectivity index (χ3v) is 7.35. The summed E-state index contributed by atoms with van der Waals surface area (Å²) in [4.78, 5) is 36.7. The van der Waals surface area contributed by atoms with Crippen molar-refractivity contribution in [2.24, 2.45) is 5.92 Å². The van der Waals surface area contributed by atoms with Gasteiger partial charge in [0, 0.05) is 67.1 Å². The van der Waals surface area contributed by atoms with Gasteiger partial charge in [0.05, 0.1) is 11.9 Å². The molecule has 5 heterocycles. The van der Waals surface area contributed by atoms with Crippen LogP contribution in [0.5, 0.6) is 0 Å². The number of halogens is 1. The van der Waals surface area contributed by atoms with Crippen molar-refractivity contribution in [3.05, 3.63) is 42.0 Å². The Balaban J connectivity index is 1.30. The molecule has 2 saturated heterocycles. The van der Waals surface area contributed by atoms with E-state index in [0.717, 1.165) is 46.5 Å². The minimum Gasteiger partial charge on any atom is -0.343 e. The number of nitrogens with one attached hydrogen (secondary N) is 3. The number of allylic oxidation sites excluding steroid dienone is 1. The van der Waals surface area contributed by atoms with E-state index in [2.05, 4.69) is 26.2 Å². The number of fused-ring (bicyclic) bond motifs is 1. The van der Waals surface area contributed by atoms with Crippen LogP contribution >= 0.6 is 11.6 Å². The van der Waals surface area contributed by atoms with Gasteiger partial charge in [-0.2, -0.15) is 5.10 Å². The van der Waals surface area contributed by atoms with Crippen molar-refractivity contribution in [3.8, 4) is 11.1 Å². The van der Waals surface area contributed by atoms with E-state index in [-0.39, 0.29) is 29.5 Å². The van der Waals surface area contributed by atoms with Gasteiger partial charge in [-0.15, -0.1) is 11.6 Å². The number of likely N-dealkylation sites (tertiary alicyclic amines) is 2. The van der Waals surface area contributed by atoms with E-state index in [1.165, 1.54) is 6.21 Å². The molecule has 0 spiro atoms. The Morgan fingerprint density at radius 2 is 1.97 bits per heavy atom. The molecular weight excluding hydrogens is 466 g/mol. The molecule has 5 rings (SSSR count). The smallest absolute Gasteiger partial charge is 0.237 e. The molecule has 9 nitrogen and oxygen atoms in total. The van der Waals surface area contributed by atoms with Crippen LogP contribution in [0.25, 0.3) is 28.2 Å². The van der Waals surface area contributed by atoms with Crippen LogP contribution in [0.3, 0.4) is 0 Å². The number of piperidine rings is 1. The Morgan fingerprint density at radius 1 is 1.17 bits per heavy atom. The van der Waals surface area contributed by atoms with Crippen LogP contribution < -0.4 is 0 Å². The SMILES string of the molecule is N=C/C=C\c1[nH]ncc1-c1ccnc2[nH]c(C3CCN(C(=O)C4CCN(C(=O)CCl)CC4)C3)cc12. The average Bonchev–Trinajstić information content (AvgIpc) is 3.65. The number of pyridine rings is 1. The van der Waals surface area contributed by atoms with E-state index in [1.807, 2.05) is 17.0 Å². The van der Waals surface area contributed by atoms with Crippen molar-refractivity contribution in [1.29, 1.82) is 5.41 Å². The van der Waals surface area contributed by atoms with Gasteiger partial charge in [0.15, 0.2) is 0 Å². The highest BCUT2D eigenvalue weighted by Crippen LogP contribution is 2.35. The highest BCUT2D eigenvalue weighted by Gasteiger charge is 2.34. The van der Waals surface area contributed by atoms with Gasteiger partial charge in [-0.3, -0.25) is 14.7 Å². The first-order chi connectivity index (χ1) is 17.1. The number of nitrogens with zero attached hydrogens (tertiary/aromatic N) is 4. The van der Waals surface area contributed by atoms with Crippen LogP contribution in [0.2, 0.25) is 0 Å². The summed E-state index contributed by atoms with van der Waals surface area (Å²) in [5.41, 5.74) is 4.68.